The van der Waals surface area contributed by atoms with E-state index in [0.29, 0.717) is 19.4 Å². The Hall–Kier alpha value is -1.84. The van der Waals surface area contributed by atoms with Crippen LogP contribution in [-0.2, 0) is 14.3 Å². The number of rotatable bonds is 10. The first-order valence-corrected chi connectivity index (χ1v) is 9.68. The minimum atomic E-state index is -8.02. The van der Waals surface area contributed by atoms with Crippen molar-refractivity contribution in [3.8, 4) is 0 Å². The molecule has 1 N–H and O–H groups in total. The van der Waals surface area contributed by atoms with Gasteiger partial charge in [-0.05, 0) is 32.9 Å². The second kappa shape index (κ2) is 10.3. The number of nitrogens with one attached hydrogen (secondary N) is 1. The summed E-state index contributed by atoms with van der Waals surface area (Å²) < 4.78 is 226. The van der Waals surface area contributed by atoms with Crippen molar-refractivity contribution in [1.29, 1.82) is 0 Å². The van der Waals surface area contributed by atoms with Gasteiger partial charge in [-0.25, -0.2) is 0 Å². The van der Waals surface area contributed by atoms with Crippen molar-refractivity contribution in [2.45, 2.75) is 73.7 Å². The number of nitrogens with zero attached hydrogens (tertiary/aromatic N) is 1. The predicted molar refractivity (Wildman–Crippen MR) is 86.1 cm³/mol. The molecule has 0 bridgehead atoms. The molecule has 0 aromatic carbocycles. The Kier molecular flexibility index (Phi) is 9.25. The van der Waals surface area contributed by atoms with Gasteiger partial charge in [0.25, 0.3) is 5.91 Å². The van der Waals surface area contributed by atoms with Crippen LogP contribution in [0, 0.1) is 0 Å². The van der Waals surface area contributed by atoms with Crippen LogP contribution in [0.3, 0.4) is 0 Å². The second-order valence-electron chi connectivity index (χ2n) is 7.82. The van der Waals surface area contributed by atoms with E-state index in [9.17, 15) is 79.4 Å². The average molecular weight is 606 g/mol. The van der Waals surface area contributed by atoms with Crippen LogP contribution < -0.4 is 5.32 Å². The molecule has 0 aromatic rings. The summed E-state index contributed by atoms with van der Waals surface area (Å²) in [6.45, 7) is -0.533. The van der Waals surface area contributed by atoms with Crippen molar-refractivity contribution in [2.24, 2.45) is 0 Å². The van der Waals surface area contributed by atoms with Crippen LogP contribution in [0.4, 0.5) is 74.6 Å². The number of alkyl halides is 17. The summed E-state index contributed by atoms with van der Waals surface area (Å²) in [6, 6.07) is -0.466. The largest absolute Gasteiger partial charge is 0.462 e. The van der Waals surface area contributed by atoms with E-state index in [1.165, 1.54) is 11.8 Å². The molecule has 1 amide bonds. The summed E-state index contributed by atoms with van der Waals surface area (Å²) in [4.78, 5) is 13.2. The summed E-state index contributed by atoms with van der Waals surface area (Å²) >= 11 is 0. The van der Waals surface area contributed by atoms with Crippen molar-refractivity contribution < 1.29 is 88.9 Å². The number of carbonyl (C=O) groups excluding carboxylic acids is 1. The minimum Gasteiger partial charge on any atom is -0.351 e. The first-order valence-electron chi connectivity index (χ1n) is 9.68. The highest BCUT2D eigenvalue weighted by atomic mass is 19.4. The summed E-state index contributed by atoms with van der Waals surface area (Å²) in [5.74, 6) is -26.0. The molecule has 226 valence electrons. The van der Waals surface area contributed by atoms with Gasteiger partial charge in [-0.15, -0.1) is 0 Å². The normalized spacial score (nSPS) is 22.2. The smallest absolute Gasteiger partial charge is 0.351 e. The van der Waals surface area contributed by atoms with Gasteiger partial charge in [-0.3, -0.25) is 14.3 Å². The molecule has 1 fully saturated rings. The van der Waals surface area contributed by atoms with E-state index in [1.54, 1.807) is 4.90 Å². The highest BCUT2D eigenvalue weighted by molar-refractivity contribution is 5.84. The van der Waals surface area contributed by atoms with Crippen molar-refractivity contribution in [3.63, 3.8) is 0 Å². The molecule has 22 heteroatoms. The van der Waals surface area contributed by atoms with Gasteiger partial charge >= 0.3 is 48.4 Å². The zero-order chi connectivity index (χ0) is 30.4. The molecule has 1 saturated heterocycles. The first kappa shape index (κ1) is 34.2. The van der Waals surface area contributed by atoms with Crippen LogP contribution in [0.2, 0.25) is 0 Å². The van der Waals surface area contributed by atoms with Crippen LogP contribution in [0.5, 0.6) is 0 Å². The third-order valence-electron chi connectivity index (χ3n) is 5.09. The molecule has 3 atom stereocenters. The maximum Gasteiger partial charge on any atom is 0.462 e. The van der Waals surface area contributed by atoms with Crippen molar-refractivity contribution in [1.82, 2.24) is 10.2 Å². The summed E-state index contributed by atoms with van der Waals surface area (Å²) in [5, 5.41) is 1.00. The maximum absolute atomic E-state index is 14.4. The fourth-order valence-corrected chi connectivity index (χ4v) is 2.97. The lowest BCUT2D eigenvalue weighted by Gasteiger charge is -2.40. The molecule has 1 rings (SSSR count). The van der Waals surface area contributed by atoms with E-state index in [0.717, 1.165) is 5.32 Å². The lowest BCUT2D eigenvalue weighted by molar-refractivity contribution is -0.548. The van der Waals surface area contributed by atoms with Gasteiger partial charge in [0.05, 0.1) is 0 Å². The molecular formula is C16H15F17N2O3. The van der Waals surface area contributed by atoms with Crippen molar-refractivity contribution in [2.75, 3.05) is 20.1 Å². The predicted octanol–water partition coefficient (Wildman–Crippen LogP) is 5.46. The summed E-state index contributed by atoms with van der Waals surface area (Å²) in [6.07, 6.45) is -37.8. The van der Waals surface area contributed by atoms with E-state index in [4.69, 9.17) is 0 Å². The number of carbonyl (C=O) groups is 1. The lowest BCUT2D eigenvalue weighted by atomic mass is 10.1. The van der Waals surface area contributed by atoms with Gasteiger partial charge in [0.1, 0.15) is 0 Å². The standard InChI is InChI=1S/C16H15F17N2O3/c1-35-6-2-3-7(35)4-5-34-8(36)9(17,12(21,22)23)37-16(32,33)11(20,14(27,28)29)38-15(30,31)10(18,19)13(24,25)26/h7H,2-6H2,1H3,(H,34,36). The highest BCUT2D eigenvalue weighted by Crippen LogP contribution is 2.56. The van der Waals surface area contributed by atoms with Crippen LogP contribution >= 0.6 is 0 Å². The fraction of sp³-hybridized carbons (Fsp3) is 0.938. The number of hydrogen-bond donors (Lipinski definition) is 1. The van der Waals surface area contributed by atoms with Gasteiger partial charge in [0.2, 0.25) is 0 Å². The van der Waals surface area contributed by atoms with Crippen LogP contribution in [-0.4, -0.2) is 85.4 Å². The Morgan fingerprint density at radius 3 is 1.63 bits per heavy atom. The number of amides is 1. The highest BCUT2D eigenvalue weighted by Gasteiger charge is 2.85. The number of hydrogen-bond acceptors (Lipinski definition) is 4. The van der Waals surface area contributed by atoms with Crippen molar-refractivity contribution >= 4 is 5.91 Å². The molecule has 1 aliphatic heterocycles. The average Bonchev–Trinajstić information content (AvgIpc) is 3.09. The van der Waals surface area contributed by atoms with Crippen LogP contribution in [0.15, 0.2) is 0 Å². The topological polar surface area (TPSA) is 50.8 Å². The third kappa shape index (κ3) is 6.31. The fourth-order valence-electron chi connectivity index (χ4n) is 2.97. The Balaban J connectivity index is 3.39. The van der Waals surface area contributed by atoms with Gasteiger partial charge in [0, 0.05) is 12.6 Å². The molecule has 5 nitrogen and oxygen atoms in total. The van der Waals surface area contributed by atoms with E-state index < -0.39 is 66.9 Å². The molecule has 0 radical (unpaired) electrons. The van der Waals surface area contributed by atoms with Gasteiger partial charge in [-0.2, -0.15) is 74.6 Å². The maximum atomic E-state index is 14.4. The van der Waals surface area contributed by atoms with E-state index in [1.807, 2.05) is 4.74 Å². The monoisotopic (exact) mass is 606 g/mol. The minimum absolute atomic E-state index is 0.302. The molecule has 38 heavy (non-hydrogen) atoms. The summed E-state index contributed by atoms with van der Waals surface area (Å²) in [5.41, 5.74) is 0. The molecular weight excluding hydrogens is 591 g/mol. The van der Waals surface area contributed by atoms with Crippen LogP contribution in [0.1, 0.15) is 19.3 Å². The first-order chi connectivity index (χ1) is 16.6. The lowest BCUT2D eigenvalue weighted by Crippen LogP contribution is -2.68. The van der Waals surface area contributed by atoms with E-state index >= 15 is 0 Å². The molecule has 0 spiro atoms. The van der Waals surface area contributed by atoms with Gasteiger partial charge in [0.15, 0.2) is 0 Å². The van der Waals surface area contributed by atoms with Gasteiger partial charge in [-0.1, -0.05) is 0 Å². The number of likely N-dealkylation sites (tertiary alicyclic amines) is 1. The Morgan fingerprint density at radius 1 is 0.763 bits per heavy atom. The Morgan fingerprint density at radius 2 is 1.26 bits per heavy atom. The van der Waals surface area contributed by atoms with Gasteiger partial charge < -0.3 is 10.2 Å². The number of ether oxygens (including phenoxy) is 2. The van der Waals surface area contributed by atoms with Crippen LogP contribution in [0.25, 0.3) is 0 Å². The quantitative estimate of drug-likeness (QED) is 0.336. The molecule has 0 aromatic heterocycles. The van der Waals surface area contributed by atoms with Crippen molar-refractivity contribution in [3.05, 3.63) is 0 Å². The Labute approximate surface area is 200 Å². The summed E-state index contributed by atoms with van der Waals surface area (Å²) in [7, 11) is 1.49. The van der Waals surface area contributed by atoms with E-state index in [-0.39, 0.29) is 6.42 Å². The molecule has 3 unspecified atom stereocenters. The Bertz CT molecular complexity index is 843. The SMILES string of the molecule is CN1CCCC1CCNC(=O)C(F)(OC(F)(F)C(F)(OC(F)(F)C(F)(F)C(F)(F)F)C(F)(F)F)C(F)(F)F. The molecule has 1 heterocycles. The molecule has 1 aliphatic rings. The number of halogens is 17. The zero-order valence-electron chi connectivity index (χ0n) is 18.2. The molecule has 0 saturated carbocycles. The van der Waals surface area contributed by atoms with E-state index in [2.05, 4.69) is 0 Å². The second-order valence-corrected chi connectivity index (χ2v) is 7.82. The molecule has 0 aliphatic carbocycles. The zero-order valence-corrected chi connectivity index (χ0v) is 18.2. The third-order valence-corrected chi connectivity index (χ3v) is 5.09.